The Hall–Kier alpha value is -0.820. The highest BCUT2D eigenvalue weighted by Gasteiger charge is 2.21. The van der Waals surface area contributed by atoms with Crippen LogP contribution in [0.5, 0.6) is 0 Å². The third-order valence-electron chi connectivity index (χ3n) is 2.99. The van der Waals surface area contributed by atoms with Crippen LogP contribution in [0.3, 0.4) is 0 Å². The summed E-state index contributed by atoms with van der Waals surface area (Å²) in [5, 5.41) is 3.61. The van der Waals surface area contributed by atoms with Crippen molar-refractivity contribution < 1.29 is 0 Å². The molecule has 0 aliphatic heterocycles. The van der Waals surface area contributed by atoms with Gasteiger partial charge >= 0.3 is 0 Å². The number of hydrogen-bond donors (Lipinski definition) is 1. The van der Waals surface area contributed by atoms with Gasteiger partial charge in [0.05, 0.1) is 0 Å². The molecule has 0 radical (unpaired) electrons. The first-order valence-corrected chi connectivity index (χ1v) is 5.68. The summed E-state index contributed by atoms with van der Waals surface area (Å²) in [6.07, 6.45) is 3.99. The first-order valence-electron chi connectivity index (χ1n) is 5.68. The van der Waals surface area contributed by atoms with E-state index in [-0.39, 0.29) is 0 Å². The van der Waals surface area contributed by atoms with E-state index in [0.717, 1.165) is 12.6 Å². The van der Waals surface area contributed by atoms with E-state index in [4.69, 9.17) is 0 Å². The minimum Gasteiger partial charge on any atom is -0.313 e. The molecule has 1 atom stereocenters. The molecule has 1 aromatic rings. The van der Waals surface area contributed by atoms with Crippen LogP contribution in [0.15, 0.2) is 30.3 Å². The highest BCUT2D eigenvalue weighted by atomic mass is 14.9. The molecule has 1 saturated carbocycles. The summed E-state index contributed by atoms with van der Waals surface area (Å²) in [7, 11) is 0. The van der Waals surface area contributed by atoms with Gasteiger partial charge in [0.15, 0.2) is 0 Å². The van der Waals surface area contributed by atoms with E-state index in [2.05, 4.69) is 42.6 Å². The van der Waals surface area contributed by atoms with E-state index < -0.39 is 0 Å². The van der Waals surface area contributed by atoms with E-state index in [0.29, 0.717) is 5.92 Å². The predicted molar refractivity (Wildman–Crippen MR) is 60.5 cm³/mol. The van der Waals surface area contributed by atoms with Crippen molar-refractivity contribution in [2.45, 2.75) is 38.1 Å². The van der Waals surface area contributed by atoms with Crippen LogP contribution in [-0.4, -0.2) is 12.6 Å². The fraction of sp³-hybridized carbons (Fsp3) is 0.538. The van der Waals surface area contributed by atoms with Gasteiger partial charge in [0, 0.05) is 12.6 Å². The molecule has 1 aliphatic rings. The van der Waals surface area contributed by atoms with Crippen molar-refractivity contribution in [3.05, 3.63) is 35.9 Å². The standard InChI is InChI=1S/C13H19N/c1-2-11(10-14-13-8-9-13)12-6-4-3-5-7-12/h3-7,11,13-14H,2,8-10H2,1H3. The molecule has 76 valence electrons. The molecule has 0 saturated heterocycles. The van der Waals surface area contributed by atoms with Crippen LogP contribution in [0, 0.1) is 0 Å². The minimum atomic E-state index is 0.691. The van der Waals surface area contributed by atoms with Gasteiger partial charge < -0.3 is 5.32 Å². The van der Waals surface area contributed by atoms with Crippen molar-refractivity contribution in [2.75, 3.05) is 6.54 Å². The van der Waals surface area contributed by atoms with Gasteiger partial charge in [0.1, 0.15) is 0 Å². The van der Waals surface area contributed by atoms with Gasteiger partial charge in [-0.15, -0.1) is 0 Å². The molecule has 1 N–H and O–H groups in total. The number of hydrogen-bond acceptors (Lipinski definition) is 1. The number of rotatable bonds is 5. The van der Waals surface area contributed by atoms with E-state index in [9.17, 15) is 0 Å². The molecule has 0 heterocycles. The lowest BCUT2D eigenvalue weighted by molar-refractivity contribution is 0.567. The molecule has 1 unspecified atom stereocenters. The average molecular weight is 189 g/mol. The van der Waals surface area contributed by atoms with Gasteiger partial charge in [0.2, 0.25) is 0 Å². The van der Waals surface area contributed by atoms with Crippen LogP contribution < -0.4 is 5.32 Å². The fourth-order valence-corrected chi connectivity index (χ4v) is 1.82. The van der Waals surface area contributed by atoms with Crippen molar-refractivity contribution in [2.24, 2.45) is 0 Å². The Morgan fingerprint density at radius 1 is 1.29 bits per heavy atom. The Morgan fingerprint density at radius 3 is 2.57 bits per heavy atom. The van der Waals surface area contributed by atoms with Crippen LogP contribution in [0.2, 0.25) is 0 Å². The number of nitrogens with one attached hydrogen (secondary N) is 1. The first kappa shape index (κ1) is 9.72. The lowest BCUT2D eigenvalue weighted by Gasteiger charge is -2.15. The van der Waals surface area contributed by atoms with Crippen molar-refractivity contribution >= 4 is 0 Å². The molecule has 1 nitrogen and oxygen atoms in total. The van der Waals surface area contributed by atoms with Gasteiger partial charge in [-0.25, -0.2) is 0 Å². The highest BCUT2D eigenvalue weighted by molar-refractivity contribution is 5.19. The van der Waals surface area contributed by atoms with Gasteiger partial charge in [0.25, 0.3) is 0 Å². The normalized spacial score (nSPS) is 18.1. The molecule has 1 heteroatoms. The van der Waals surface area contributed by atoms with Crippen LogP contribution in [0.1, 0.15) is 37.7 Å². The topological polar surface area (TPSA) is 12.0 Å². The molecule has 0 spiro atoms. The third kappa shape index (κ3) is 2.58. The Balaban J connectivity index is 1.90. The average Bonchev–Trinajstić information content (AvgIpc) is 3.04. The molecule has 0 aromatic heterocycles. The summed E-state index contributed by atoms with van der Waals surface area (Å²) in [6.45, 7) is 3.41. The van der Waals surface area contributed by atoms with E-state index >= 15 is 0 Å². The summed E-state index contributed by atoms with van der Waals surface area (Å²) in [6, 6.07) is 11.7. The molecule has 1 aliphatic carbocycles. The minimum absolute atomic E-state index is 0.691. The zero-order valence-electron chi connectivity index (χ0n) is 8.87. The molecule has 1 fully saturated rings. The lowest BCUT2D eigenvalue weighted by atomic mass is 9.96. The molecular formula is C13H19N. The summed E-state index contributed by atoms with van der Waals surface area (Å²) < 4.78 is 0. The molecule has 0 amide bonds. The second kappa shape index (κ2) is 4.61. The second-order valence-corrected chi connectivity index (χ2v) is 4.20. The maximum atomic E-state index is 3.61. The first-order chi connectivity index (χ1) is 6.90. The van der Waals surface area contributed by atoms with Crippen molar-refractivity contribution in [1.29, 1.82) is 0 Å². The molecule has 2 rings (SSSR count). The lowest BCUT2D eigenvalue weighted by Crippen LogP contribution is -2.23. The van der Waals surface area contributed by atoms with Gasteiger partial charge in [-0.05, 0) is 30.7 Å². The van der Waals surface area contributed by atoms with Crippen LogP contribution in [0.25, 0.3) is 0 Å². The Morgan fingerprint density at radius 2 is 2.00 bits per heavy atom. The molecular weight excluding hydrogens is 170 g/mol. The monoisotopic (exact) mass is 189 g/mol. The van der Waals surface area contributed by atoms with Crippen LogP contribution in [0.4, 0.5) is 0 Å². The van der Waals surface area contributed by atoms with Crippen molar-refractivity contribution in [3.63, 3.8) is 0 Å². The quantitative estimate of drug-likeness (QED) is 0.751. The molecule has 1 aromatic carbocycles. The van der Waals surface area contributed by atoms with Crippen molar-refractivity contribution in [3.8, 4) is 0 Å². The predicted octanol–water partition coefficient (Wildman–Crippen LogP) is 2.93. The summed E-state index contributed by atoms with van der Waals surface area (Å²) >= 11 is 0. The zero-order chi connectivity index (χ0) is 9.80. The van der Waals surface area contributed by atoms with Gasteiger partial charge in [-0.3, -0.25) is 0 Å². The summed E-state index contributed by atoms with van der Waals surface area (Å²) in [4.78, 5) is 0. The van der Waals surface area contributed by atoms with Crippen molar-refractivity contribution in [1.82, 2.24) is 5.32 Å². The Bertz CT molecular complexity index is 264. The Kier molecular flexibility index (Phi) is 3.20. The van der Waals surface area contributed by atoms with Crippen LogP contribution >= 0.6 is 0 Å². The largest absolute Gasteiger partial charge is 0.313 e. The van der Waals surface area contributed by atoms with E-state index in [1.807, 2.05) is 0 Å². The summed E-state index contributed by atoms with van der Waals surface area (Å²) in [5.41, 5.74) is 1.48. The molecule has 14 heavy (non-hydrogen) atoms. The maximum absolute atomic E-state index is 3.61. The van der Waals surface area contributed by atoms with Crippen LogP contribution in [-0.2, 0) is 0 Å². The van der Waals surface area contributed by atoms with Gasteiger partial charge in [-0.2, -0.15) is 0 Å². The zero-order valence-corrected chi connectivity index (χ0v) is 8.87. The summed E-state index contributed by atoms with van der Waals surface area (Å²) in [5.74, 6) is 0.691. The maximum Gasteiger partial charge on any atom is 0.00684 e. The SMILES string of the molecule is CCC(CNC1CC1)c1ccccc1. The van der Waals surface area contributed by atoms with Gasteiger partial charge in [-0.1, -0.05) is 37.3 Å². The van der Waals surface area contributed by atoms with E-state index in [1.54, 1.807) is 0 Å². The molecule has 0 bridgehead atoms. The number of benzene rings is 1. The van der Waals surface area contributed by atoms with E-state index in [1.165, 1.54) is 24.8 Å². The highest BCUT2D eigenvalue weighted by Crippen LogP contribution is 2.22. The fourth-order valence-electron chi connectivity index (χ4n) is 1.82. The Labute approximate surface area is 86.5 Å². The third-order valence-corrected chi connectivity index (χ3v) is 2.99. The second-order valence-electron chi connectivity index (χ2n) is 4.20. The smallest absolute Gasteiger partial charge is 0.00684 e.